The van der Waals surface area contributed by atoms with Gasteiger partial charge in [0.1, 0.15) is 5.84 Å². The first-order valence-corrected chi connectivity index (χ1v) is 5.69. The van der Waals surface area contributed by atoms with Gasteiger partial charge in [0, 0.05) is 17.5 Å². The summed E-state index contributed by atoms with van der Waals surface area (Å²) in [7, 11) is 0. The van der Waals surface area contributed by atoms with Gasteiger partial charge in [-0.15, -0.1) is 0 Å². The van der Waals surface area contributed by atoms with Gasteiger partial charge in [-0.1, -0.05) is 23.7 Å². The average Bonchev–Trinajstić information content (AvgIpc) is 2.28. The second kappa shape index (κ2) is 6.76. The second-order valence-corrected chi connectivity index (χ2v) is 3.79. The van der Waals surface area contributed by atoms with E-state index in [9.17, 15) is 9.59 Å². The van der Waals surface area contributed by atoms with E-state index in [4.69, 9.17) is 16.3 Å². The van der Waals surface area contributed by atoms with Gasteiger partial charge in [0.15, 0.2) is 0 Å². The molecule has 0 saturated heterocycles. The predicted octanol–water partition coefficient (Wildman–Crippen LogP) is 2.38. The summed E-state index contributed by atoms with van der Waals surface area (Å²) in [5.74, 6) is -0.221. The molecule has 5 nitrogen and oxygen atoms in total. The van der Waals surface area contributed by atoms with Crippen molar-refractivity contribution in [3.8, 4) is 0 Å². The molecule has 0 aliphatic heterocycles. The van der Waals surface area contributed by atoms with Crippen LogP contribution in [0.1, 0.15) is 19.4 Å². The van der Waals surface area contributed by atoms with Gasteiger partial charge in [0.25, 0.3) is 0 Å². The Morgan fingerprint density at radius 2 is 2.17 bits per heavy atom. The molecule has 0 radical (unpaired) electrons. The van der Waals surface area contributed by atoms with E-state index in [1.54, 1.807) is 31.2 Å². The van der Waals surface area contributed by atoms with Crippen LogP contribution in [0.2, 0.25) is 5.02 Å². The zero-order valence-corrected chi connectivity index (χ0v) is 10.8. The van der Waals surface area contributed by atoms with Crippen molar-refractivity contribution in [2.45, 2.75) is 13.8 Å². The van der Waals surface area contributed by atoms with Crippen molar-refractivity contribution < 1.29 is 14.3 Å². The maximum Gasteiger partial charge on any atom is 0.435 e. The van der Waals surface area contributed by atoms with E-state index in [2.05, 4.69) is 10.3 Å². The van der Waals surface area contributed by atoms with Crippen molar-refractivity contribution >= 4 is 29.4 Å². The summed E-state index contributed by atoms with van der Waals surface area (Å²) >= 11 is 5.84. The number of aliphatic imine (C=N–C) groups is 1. The third-order valence-electron chi connectivity index (χ3n) is 1.86. The number of rotatable bonds is 2. The Balaban J connectivity index is 3.05. The van der Waals surface area contributed by atoms with Crippen LogP contribution in [-0.2, 0) is 9.53 Å². The number of carbonyl (C=O) groups excluding carboxylic acids is 2. The Morgan fingerprint density at radius 1 is 1.44 bits per heavy atom. The molecule has 0 aromatic heterocycles. The number of nitrogens with one attached hydrogen (secondary N) is 1. The van der Waals surface area contributed by atoms with Crippen molar-refractivity contribution in [1.82, 2.24) is 5.32 Å². The summed E-state index contributed by atoms with van der Waals surface area (Å²) in [6.45, 7) is 3.21. The molecule has 0 heterocycles. The molecule has 1 rings (SSSR count). The first-order chi connectivity index (χ1) is 8.52. The molecule has 96 valence electrons. The summed E-state index contributed by atoms with van der Waals surface area (Å²) in [5, 5.41) is 2.95. The molecular weight excluding hydrogens is 256 g/mol. The summed E-state index contributed by atoms with van der Waals surface area (Å²) < 4.78 is 4.69. The van der Waals surface area contributed by atoms with Crippen molar-refractivity contribution in [1.29, 1.82) is 0 Å². The van der Waals surface area contributed by atoms with Gasteiger partial charge in [0.2, 0.25) is 5.91 Å². The molecule has 0 bridgehead atoms. The molecule has 0 aliphatic rings. The van der Waals surface area contributed by atoms with E-state index in [0.29, 0.717) is 10.6 Å². The molecule has 0 fully saturated rings. The van der Waals surface area contributed by atoms with Gasteiger partial charge in [-0.05, 0) is 19.1 Å². The highest BCUT2D eigenvalue weighted by molar-refractivity contribution is 6.31. The minimum atomic E-state index is -0.763. The van der Waals surface area contributed by atoms with Crippen LogP contribution >= 0.6 is 11.6 Å². The van der Waals surface area contributed by atoms with Gasteiger partial charge in [-0.3, -0.25) is 4.79 Å². The molecule has 18 heavy (non-hydrogen) atoms. The zero-order chi connectivity index (χ0) is 13.5. The Labute approximate surface area is 110 Å². The Bertz CT molecular complexity index is 486. The van der Waals surface area contributed by atoms with Crippen LogP contribution in [0.3, 0.4) is 0 Å². The number of hydrogen-bond donors (Lipinski definition) is 1. The van der Waals surface area contributed by atoms with Crippen LogP contribution in [-0.4, -0.2) is 24.4 Å². The fraction of sp³-hybridized carbons (Fsp3) is 0.250. The summed E-state index contributed by atoms with van der Waals surface area (Å²) in [6, 6.07) is 6.65. The minimum absolute atomic E-state index is 0.114. The third kappa shape index (κ3) is 4.55. The quantitative estimate of drug-likeness (QED) is 0.661. The monoisotopic (exact) mass is 268 g/mol. The topological polar surface area (TPSA) is 67.8 Å². The molecule has 0 aliphatic carbocycles. The number of nitrogens with zero attached hydrogens (tertiary/aromatic N) is 1. The number of ether oxygens (including phenoxy) is 1. The van der Waals surface area contributed by atoms with Crippen molar-refractivity contribution in [2.24, 2.45) is 4.99 Å². The largest absolute Gasteiger partial charge is 0.448 e. The third-order valence-corrected chi connectivity index (χ3v) is 2.10. The van der Waals surface area contributed by atoms with E-state index in [1.807, 2.05) is 0 Å². The molecule has 1 N–H and O–H groups in total. The highest BCUT2D eigenvalue weighted by Gasteiger charge is 2.09. The van der Waals surface area contributed by atoms with Crippen molar-refractivity contribution in [3.05, 3.63) is 34.9 Å². The van der Waals surface area contributed by atoms with E-state index in [1.165, 1.54) is 6.92 Å². The van der Waals surface area contributed by atoms with Crippen molar-refractivity contribution in [2.75, 3.05) is 6.61 Å². The Kier molecular flexibility index (Phi) is 5.32. The van der Waals surface area contributed by atoms with Gasteiger partial charge in [-0.2, -0.15) is 4.99 Å². The maximum absolute atomic E-state index is 11.3. The summed E-state index contributed by atoms with van der Waals surface area (Å²) in [5.41, 5.74) is 0.533. The lowest BCUT2D eigenvalue weighted by atomic mass is 10.2. The standard InChI is InChI=1S/C12H13ClN2O3/c1-3-18-12(17)15-11(14-8(2)16)9-5-4-6-10(13)7-9/h4-7H,3H2,1-2H3,(H,14,15,16,17). The zero-order valence-electron chi connectivity index (χ0n) is 10.1. The van der Waals surface area contributed by atoms with Gasteiger partial charge >= 0.3 is 6.09 Å². The fourth-order valence-electron chi connectivity index (χ4n) is 1.21. The SMILES string of the molecule is CCOC(=O)/N=C(\NC(C)=O)c1cccc(Cl)c1. The molecule has 2 amide bonds. The van der Waals surface area contributed by atoms with E-state index < -0.39 is 6.09 Å². The van der Waals surface area contributed by atoms with E-state index in [0.717, 1.165) is 0 Å². The minimum Gasteiger partial charge on any atom is -0.448 e. The number of benzene rings is 1. The number of hydrogen-bond acceptors (Lipinski definition) is 3. The molecule has 1 aromatic carbocycles. The molecule has 6 heteroatoms. The van der Waals surface area contributed by atoms with Crippen LogP contribution < -0.4 is 5.32 Å². The summed E-state index contributed by atoms with van der Waals surface area (Å²) in [4.78, 5) is 26.1. The normalized spacial score (nSPS) is 10.9. The maximum atomic E-state index is 11.3. The lowest BCUT2D eigenvalue weighted by Crippen LogP contribution is -2.30. The number of amides is 2. The van der Waals surface area contributed by atoms with Gasteiger partial charge in [-0.25, -0.2) is 4.79 Å². The molecule has 0 saturated carbocycles. The predicted molar refractivity (Wildman–Crippen MR) is 68.8 cm³/mol. The van der Waals surface area contributed by atoms with Crippen LogP contribution in [0.25, 0.3) is 0 Å². The number of halogens is 1. The van der Waals surface area contributed by atoms with E-state index in [-0.39, 0.29) is 18.3 Å². The number of amidine groups is 1. The first kappa shape index (κ1) is 14.2. The second-order valence-electron chi connectivity index (χ2n) is 3.35. The molecule has 0 atom stereocenters. The molecule has 0 unspecified atom stereocenters. The molecular formula is C12H13ClN2O3. The smallest absolute Gasteiger partial charge is 0.435 e. The number of carbonyl (C=O) groups is 2. The van der Waals surface area contributed by atoms with Crippen LogP contribution in [0.15, 0.2) is 29.3 Å². The lowest BCUT2D eigenvalue weighted by Gasteiger charge is -2.07. The van der Waals surface area contributed by atoms with Crippen LogP contribution in [0.4, 0.5) is 4.79 Å². The van der Waals surface area contributed by atoms with Gasteiger partial charge in [0.05, 0.1) is 6.61 Å². The molecule has 1 aromatic rings. The highest BCUT2D eigenvalue weighted by atomic mass is 35.5. The Hall–Kier alpha value is -1.88. The lowest BCUT2D eigenvalue weighted by molar-refractivity contribution is -0.117. The fourth-order valence-corrected chi connectivity index (χ4v) is 1.40. The van der Waals surface area contributed by atoms with Crippen LogP contribution in [0.5, 0.6) is 0 Å². The van der Waals surface area contributed by atoms with Gasteiger partial charge < -0.3 is 10.1 Å². The molecule has 0 spiro atoms. The average molecular weight is 269 g/mol. The Morgan fingerprint density at radius 3 is 2.72 bits per heavy atom. The van der Waals surface area contributed by atoms with Crippen LogP contribution in [0, 0.1) is 0 Å². The van der Waals surface area contributed by atoms with Crippen molar-refractivity contribution in [3.63, 3.8) is 0 Å². The van der Waals surface area contributed by atoms with E-state index >= 15 is 0 Å². The first-order valence-electron chi connectivity index (χ1n) is 5.32. The summed E-state index contributed by atoms with van der Waals surface area (Å²) in [6.07, 6.45) is -0.763. The highest BCUT2D eigenvalue weighted by Crippen LogP contribution is 2.11.